The molecule has 1 unspecified atom stereocenters. The number of fused-ring (bicyclic) bond motifs is 1. The van der Waals surface area contributed by atoms with Crippen molar-refractivity contribution in [2.75, 3.05) is 11.9 Å². The average molecular weight is 332 g/mol. The Morgan fingerprint density at radius 1 is 1.52 bits per heavy atom. The number of benzene rings is 1. The summed E-state index contributed by atoms with van der Waals surface area (Å²) in [6, 6.07) is 7.49. The van der Waals surface area contributed by atoms with Gasteiger partial charge in [-0.2, -0.15) is 5.26 Å². The van der Waals surface area contributed by atoms with E-state index < -0.39 is 0 Å². The van der Waals surface area contributed by atoms with Gasteiger partial charge in [0.15, 0.2) is 0 Å². The highest BCUT2D eigenvalue weighted by Gasteiger charge is 2.13. The first kappa shape index (κ1) is 17.0. The summed E-state index contributed by atoms with van der Waals surface area (Å²) in [7, 11) is 0. The van der Waals surface area contributed by atoms with Crippen molar-refractivity contribution in [3.63, 3.8) is 0 Å². The number of carbonyl (C=O) groups is 1. The van der Waals surface area contributed by atoms with E-state index in [0.29, 0.717) is 35.7 Å². The van der Waals surface area contributed by atoms with Crippen LogP contribution in [0.4, 0.5) is 5.69 Å². The zero-order chi connectivity index (χ0) is 16.8. The van der Waals surface area contributed by atoms with Crippen molar-refractivity contribution >= 4 is 34.2 Å². The standard InChI is InChI=1S/C17H18ClN3O2/c1-3-23-16(22)7-4-11(2)21-17-12(9-19)10-20-15-6-5-13(18)8-14(15)17/h5-6,8,10-11H,3-4,7H2,1-2H3,(H,20,21). The maximum Gasteiger partial charge on any atom is 0.305 e. The van der Waals surface area contributed by atoms with E-state index in [2.05, 4.69) is 16.4 Å². The summed E-state index contributed by atoms with van der Waals surface area (Å²) >= 11 is 6.06. The SMILES string of the molecule is CCOC(=O)CCC(C)Nc1c(C#N)cnc2ccc(Cl)cc12. The Morgan fingerprint density at radius 3 is 3.00 bits per heavy atom. The molecule has 5 nitrogen and oxygen atoms in total. The van der Waals surface area contributed by atoms with Crippen LogP contribution < -0.4 is 5.32 Å². The van der Waals surface area contributed by atoms with Crippen molar-refractivity contribution in [3.05, 3.63) is 35.0 Å². The lowest BCUT2D eigenvalue weighted by Crippen LogP contribution is -2.18. The molecule has 2 rings (SSSR count). The lowest BCUT2D eigenvalue weighted by atomic mass is 10.1. The second-order valence-electron chi connectivity index (χ2n) is 5.21. The van der Waals surface area contributed by atoms with E-state index >= 15 is 0 Å². The second kappa shape index (κ2) is 7.80. The molecule has 0 aliphatic heterocycles. The first-order valence-corrected chi connectivity index (χ1v) is 7.83. The Hall–Kier alpha value is -2.32. The summed E-state index contributed by atoms with van der Waals surface area (Å²) in [5, 5.41) is 14.0. The summed E-state index contributed by atoms with van der Waals surface area (Å²) in [4.78, 5) is 15.7. The fourth-order valence-electron chi connectivity index (χ4n) is 2.29. The molecule has 1 aromatic carbocycles. The number of pyridine rings is 1. The van der Waals surface area contributed by atoms with Gasteiger partial charge in [0.1, 0.15) is 6.07 Å². The summed E-state index contributed by atoms with van der Waals surface area (Å²) in [5.41, 5.74) is 1.90. The molecular formula is C17H18ClN3O2. The lowest BCUT2D eigenvalue weighted by molar-refractivity contribution is -0.143. The molecule has 1 heterocycles. The normalized spacial score (nSPS) is 11.7. The van der Waals surface area contributed by atoms with E-state index in [1.807, 2.05) is 13.0 Å². The summed E-state index contributed by atoms with van der Waals surface area (Å²) in [6.07, 6.45) is 2.47. The predicted molar refractivity (Wildman–Crippen MR) is 90.4 cm³/mol. The number of halogens is 1. The van der Waals surface area contributed by atoms with E-state index in [1.54, 1.807) is 19.1 Å². The molecule has 0 fully saturated rings. The van der Waals surface area contributed by atoms with Gasteiger partial charge in [0.05, 0.1) is 23.4 Å². The van der Waals surface area contributed by atoms with Crippen molar-refractivity contribution in [2.45, 2.75) is 32.7 Å². The van der Waals surface area contributed by atoms with E-state index in [4.69, 9.17) is 16.3 Å². The smallest absolute Gasteiger partial charge is 0.305 e. The fourth-order valence-corrected chi connectivity index (χ4v) is 2.46. The molecule has 0 bridgehead atoms. The number of esters is 1. The van der Waals surface area contributed by atoms with E-state index in [-0.39, 0.29) is 12.0 Å². The van der Waals surface area contributed by atoms with Crippen LogP contribution in [0.3, 0.4) is 0 Å². The van der Waals surface area contributed by atoms with Gasteiger partial charge in [-0.25, -0.2) is 0 Å². The van der Waals surface area contributed by atoms with Crippen LogP contribution in [-0.2, 0) is 9.53 Å². The molecule has 0 saturated carbocycles. The highest BCUT2D eigenvalue weighted by atomic mass is 35.5. The molecule has 0 aliphatic rings. The highest BCUT2D eigenvalue weighted by Crippen LogP contribution is 2.29. The molecule has 1 N–H and O–H groups in total. The molecule has 0 saturated heterocycles. The van der Waals surface area contributed by atoms with Crippen LogP contribution in [0.25, 0.3) is 10.9 Å². The van der Waals surface area contributed by atoms with Crippen molar-refractivity contribution in [2.24, 2.45) is 0 Å². The maximum atomic E-state index is 11.5. The lowest BCUT2D eigenvalue weighted by Gasteiger charge is -2.17. The van der Waals surface area contributed by atoms with E-state index in [1.165, 1.54) is 6.20 Å². The number of rotatable bonds is 6. The highest BCUT2D eigenvalue weighted by molar-refractivity contribution is 6.31. The van der Waals surface area contributed by atoms with Crippen LogP contribution in [0.5, 0.6) is 0 Å². The van der Waals surface area contributed by atoms with Gasteiger partial charge in [-0.15, -0.1) is 0 Å². The van der Waals surface area contributed by atoms with Crippen LogP contribution in [0, 0.1) is 11.3 Å². The Labute approximate surface area is 140 Å². The molecule has 6 heteroatoms. The number of hydrogen-bond acceptors (Lipinski definition) is 5. The third-order valence-electron chi connectivity index (χ3n) is 3.43. The number of ether oxygens (including phenoxy) is 1. The number of nitrogens with one attached hydrogen (secondary N) is 1. The Morgan fingerprint density at radius 2 is 2.30 bits per heavy atom. The summed E-state index contributed by atoms with van der Waals surface area (Å²) in [5.74, 6) is -0.218. The zero-order valence-corrected chi connectivity index (χ0v) is 13.9. The molecule has 0 radical (unpaired) electrons. The van der Waals surface area contributed by atoms with Gasteiger partial charge in [-0.3, -0.25) is 9.78 Å². The van der Waals surface area contributed by atoms with Gasteiger partial charge >= 0.3 is 5.97 Å². The van der Waals surface area contributed by atoms with Gasteiger partial charge in [0, 0.05) is 29.1 Å². The van der Waals surface area contributed by atoms with Gasteiger partial charge in [-0.1, -0.05) is 11.6 Å². The molecule has 0 spiro atoms. The first-order chi connectivity index (χ1) is 11.0. The first-order valence-electron chi connectivity index (χ1n) is 7.45. The van der Waals surface area contributed by atoms with Gasteiger partial charge < -0.3 is 10.1 Å². The van der Waals surface area contributed by atoms with E-state index in [0.717, 1.165) is 10.9 Å². The number of nitriles is 1. The summed E-state index contributed by atoms with van der Waals surface area (Å²) in [6.45, 7) is 4.12. The third kappa shape index (κ3) is 4.33. The van der Waals surface area contributed by atoms with Crippen molar-refractivity contribution in [3.8, 4) is 6.07 Å². The largest absolute Gasteiger partial charge is 0.466 e. The Balaban J connectivity index is 2.22. The van der Waals surface area contributed by atoms with Crippen LogP contribution in [0.1, 0.15) is 32.3 Å². The van der Waals surface area contributed by atoms with Crippen molar-refractivity contribution < 1.29 is 9.53 Å². The van der Waals surface area contributed by atoms with E-state index in [9.17, 15) is 10.1 Å². The zero-order valence-electron chi connectivity index (χ0n) is 13.1. The molecule has 1 atom stereocenters. The van der Waals surface area contributed by atoms with Crippen LogP contribution in [0.2, 0.25) is 5.02 Å². The molecule has 1 aromatic heterocycles. The number of nitrogens with zero attached hydrogens (tertiary/aromatic N) is 2. The fraction of sp³-hybridized carbons (Fsp3) is 0.353. The number of anilines is 1. The molecule has 23 heavy (non-hydrogen) atoms. The minimum Gasteiger partial charge on any atom is -0.466 e. The minimum absolute atomic E-state index is 0.00362. The molecule has 0 aliphatic carbocycles. The monoisotopic (exact) mass is 331 g/mol. The average Bonchev–Trinajstić information content (AvgIpc) is 2.53. The van der Waals surface area contributed by atoms with Crippen molar-refractivity contribution in [1.29, 1.82) is 5.26 Å². The topological polar surface area (TPSA) is 75.0 Å². The predicted octanol–water partition coefficient (Wildman–Crippen LogP) is 3.90. The number of aromatic nitrogens is 1. The van der Waals surface area contributed by atoms with Crippen molar-refractivity contribution in [1.82, 2.24) is 4.98 Å². The third-order valence-corrected chi connectivity index (χ3v) is 3.66. The second-order valence-corrected chi connectivity index (χ2v) is 5.65. The van der Waals surface area contributed by atoms with Gasteiger partial charge in [0.2, 0.25) is 0 Å². The van der Waals surface area contributed by atoms with Gasteiger partial charge in [-0.05, 0) is 38.5 Å². The molecule has 2 aromatic rings. The molecule has 0 amide bonds. The van der Waals surface area contributed by atoms with Crippen LogP contribution in [0.15, 0.2) is 24.4 Å². The summed E-state index contributed by atoms with van der Waals surface area (Å²) < 4.78 is 4.93. The Kier molecular flexibility index (Phi) is 5.78. The quantitative estimate of drug-likeness (QED) is 0.812. The van der Waals surface area contributed by atoms with Crippen LogP contribution >= 0.6 is 11.6 Å². The molecule has 120 valence electrons. The van der Waals surface area contributed by atoms with Gasteiger partial charge in [0.25, 0.3) is 0 Å². The van der Waals surface area contributed by atoms with Crippen LogP contribution in [-0.4, -0.2) is 23.6 Å². The maximum absolute atomic E-state index is 11.5. The number of hydrogen-bond donors (Lipinski definition) is 1. The minimum atomic E-state index is -0.218. The molecular weight excluding hydrogens is 314 g/mol. The Bertz CT molecular complexity index is 755. The number of carbonyl (C=O) groups excluding carboxylic acids is 1.